The number of carbonyl (C=O) groups excluding carboxylic acids is 4. The zero-order valence-corrected chi connectivity index (χ0v) is 16.5. The highest BCUT2D eigenvalue weighted by Gasteiger charge is 2.37. The fraction of sp³-hybridized carbons (Fsp3) is 0.647. The summed E-state index contributed by atoms with van der Waals surface area (Å²) in [6.07, 6.45) is 0.0154. The van der Waals surface area contributed by atoms with E-state index in [2.05, 4.69) is 5.32 Å². The minimum atomic E-state index is -1.65. The van der Waals surface area contributed by atoms with E-state index in [1.807, 2.05) is 5.32 Å². The number of carboxylic acids is 2. The summed E-state index contributed by atoms with van der Waals surface area (Å²) in [5.41, 5.74) is 10.8. The van der Waals surface area contributed by atoms with Crippen LogP contribution in [0.2, 0.25) is 0 Å². The molecule has 13 nitrogen and oxygen atoms in total. The lowest BCUT2D eigenvalue weighted by molar-refractivity contribution is -0.147. The van der Waals surface area contributed by atoms with Gasteiger partial charge in [0.05, 0.1) is 12.5 Å². The molecule has 0 saturated carbocycles. The van der Waals surface area contributed by atoms with E-state index >= 15 is 0 Å². The van der Waals surface area contributed by atoms with Gasteiger partial charge in [-0.05, 0) is 26.2 Å². The highest BCUT2D eigenvalue weighted by molar-refractivity contribution is 5.94. The first-order chi connectivity index (χ1) is 13.9. The van der Waals surface area contributed by atoms with Gasteiger partial charge in [0, 0.05) is 13.0 Å². The van der Waals surface area contributed by atoms with Crippen LogP contribution in [0.1, 0.15) is 39.0 Å². The molecule has 1 aliphatic rings. The van der Waals surface area contributed by atoms with Crippen molar-refractivity contribution in [3.05, 3.63) is 0 Å². The van der Waals surface area contributed by atoms with Gasteiger partial charge in [-0.2, -0.15) is 0 Å². The van der Waals surface area contributed by atoms with E-state index in [9.17, 15) is 28.8 Å². The van der Waals surface area contributed by atoms with Crippen LogP contribution in [0.25, 0.3) is 0 Å². The molecule has 4 atom stereocenters. The summed E-state index contributed by atoms with van der Waals surface area (Å²) in [7, 11) is 0. The molecular formula is C17H27N5O8. The van der Waals surface area contributed by atoms with E-state index in [1.54, 1.807) is 0 Å². The monoisotopic (exact) mass is 429 g/mol. The number of rotatable bonds is 11. The Morgan fingerprint density at radius 2 is 1.77 bits per heavy atom. The quantitative estimate of drug-likeness (QED) is 0.198. The van der Waals surface area contributed by atoms with Crippen molar-refractivity contribution in [3.8, 4) is 0 Å². The normalized spacial score (nSPS) is 18.7. The van der Waals surface area contributed by atoms with Crippen molar-refractivity contribution < 1.29 is 39.0 Å². The molecule has 0 aliphatic carbocycles. The number of nitrogens with two attached hydrogens (primary N) is 2. The Balaban J connectivity index is 2.69. The standard InChI is InChI=1S/C17H27N5O8/c1-8(14(26)21-10(17(29)30)7-13(24)25)20-15(27)11-3-2-6-22(11)16(28)9(18)4-5-12(19)23/h8-11H,2-7,18H2,1H3,(H2,19,23)(H,20,27)(H,21,26)(H,24,25)(H,29,30). The summed E-state index contributed by atoms with van der Waals surface area (Å²) in [6, 6.07) is -4.70. The maximum Gasteiger partial charge on any atom is 0.326 e. The Bertz CT molecular complexity index is 712. The number of amides is 4. The summed E-state index contributed by atoms with van der Waals surface area (Å²) in [6.45, 7) is 1.58. The molecule has 4 amide bonds. The van der Waals surface area contributed by atoms with Crippen LogP contribution in [0, 0.1) is 0 Å². The second-order valence-electron chi connectivity index (χ2n) is 7.03. The third kappa shape index (κ3) is 7.31. The van der Waals surface area contributed by atoms with E-state index in [0.717, 1.165) is 0 Å². The summed E-state index contributed by atoms with van der Waals surface area (Å²) >= 11 is 0. The number of likely N-dealkylation sites (tertiary alicyclic amines) is 1. The Hall–Kier alpha value is -3.22. The first-order valence-corrected chi connectivity index (χ1v) is 9.33. The highest BCUT2D eigenvalue weighted by Crippen LogP contribution is 2.19. The summed E-state index contributed by atoms with van der Waals surface area (Å²) < 4.78 is 0. The van der Waals surface area contributed by atoms with Crippen LogP contribution in [0.5, 0.6) is 0 Å². The van der Waals surface area contributed by atoms with Crippen molar-refractivity contribution >= 4 is 35.6 Å². The van der Waals surface area contributed by atoms with Gasteiger partial charge in [-0.25, -0.2) is 4.79 Å². The molecule has 168 valence electrons. The topological polar surface area (TPSA) is 222 Å². The minimum absolute atomic E-state index is 0.0397. The number of carbonyl (C=O) groups is 6. The third-order valence-corrected chi connectivity index (χ3v) is 4.60. The van der Waals surface area contributed by atoms with Gasteiger partial charge < -0.3 is 37.2 Å². The van der Waals surface area contributed by atoms with E-state index in [0.29, 0.717) is 12.8 Å². The fourth-order valence-electron chi connectivity index (χ4n) is 2.98. The average Bonchev–Trinajstić information content (AvgIpc) is 3.14. The molecule has 1 rings (SSSR count). The molecule has 0 aromatic heterocycles. The van der Waals surface area contributed by atoms with Crippen LogP contribution in [-0.2, 0) is 28.8 Å². The van der Waals surface area contributed by atoms with Crippen LogP contribution >= 0.6 is 0 Å². The molecule has 0 aromatic carbocycles. The Morgan fingerprint density at radius 3 is 2.30 bits per heavy atom. The van der Waals surface area contributed by atoms with Crippen molar-refractivity contribution in [3.63, 3.8) is 0 Å². The molecule has 4 unspecified atom stereocenters. The summed E-state index contributed by atoms with van der Waals surface area (Å²) in [5.74, 6) is -5.56. The Morgan fingerprint density at radius 1 is 1.13 bits per heavy atom. The number of hydrogen-bond acceptors (Lipinski definition) is 7. The van der Waals surface area contributed by atoms with Gasteiger partial charge in [0.15, 0.2) is 0 Å². The van der Waals surface area contributed by atoms with Crippen molar-refractivity contribution in [2.24, 2.45) is 11.5 Å². The second-order valence-corrected chi connectivity index (χ2v) is 7.03. The molecule has 0 bridgehead atoms. The van der Waals surface area contributed by atoms with Crippen LogP contribution in [0.4, 0.5) is 0 Å². The number of aliphatic carboxylic acids is 2. The Labute approximate surface area is 172 Å². The van der Waals surface area contributed by atoms with Gasteiger partial charge in [-0.3, -0.25) is 24.0 Å². The predicted octanol–water partition coefficient (Wildman–Crippen LogP) is -2.88. The lowest BCUT2D eigenvalue weighted by atomic mass is 10.1. The number of primary amides is 1. The molecule has 8 N–H and O–H groups in total. The van der Waals surface area contributed by atoms with Crippen LogP contribution < -0.4 is 22.1 Å². The zero-order valence-electron chi connectivity index (χ0n) is 16.5. The second kappa shape index (κ2) is 11.1. The molecule has 1 saturated heterocycles. The maximum atomic E-state index is 12.6. The lowest BCUT2D eigenvalue weighted by Crippen LogP contribution is -2.56. The molecule has 1 fully saturated rings. The van der Waals surface area contributed by atoms with E-state index in [-0.39, 0.29) is 19.4 Å². The van der Waals surface area contributed by atoms with E-state index in [1.165, 1.54) is 11.8 Å². The number of carboxylic acid groups (broad SMARTS) is 2. The molecule has 13 heteroatoms. The number of hydrogen-bond donors (Lipinski definition) is 6. The molecule has 0 aromatic rings. The van der Waals surface area contributed by atoms with Crippen LogP contribution in [0.3, 0.4) is 0 Å². The zero-order chi connectivity index (χ0) is 23.0. The third-order valence-electron chi connectivity index (χ3n) is 4.60. The highest BCUT2D eigenvalue weighted by atomic mass is 16.4. The predicted molar refractivity (Wildman–Crippen MR) is 101 cm³/mol. The van der Waals surface area contributed by atoms with Gasteiger partial charge >= 0.3 is 11.9 Å². The SMILES string of the molecule is CC(NC(=O)C1CCCN1C(=O)C(N)CCC(N)=O)C(=O)NC(CC(=O)O)C(=O)O. The van der Waals surface area contributed by atoms with Crippen molar-refractivity contribution in [2.45, 2.75) is 63.2 Å². The van der Waals surface area contributed by atoms with Gasteiger partial charge in [0.2, 0.25) is 23.6 Å². The minimum Gasteiger partial charge on any atom is -0.481 e. The molecule has 0 spiro atoms. The largest absolute Gasteiger partial charge is 0.481 e. The first-order valence-electron chi connectivity index (χ1n) is 9.33. The van der Waals surface area contributed by atoms with Crippen LogP contribution in [-0.4, -0.2) is 81.4 Å². The summed E-state index contributed by atoms with van der Waals surface area (Å²) in [4.78, 5) is 71.0. The van der Waals surface area contributed by atoms with E-state index in [4.69, 9.17) is 21.7 Å². The van der Waals surface area contributed by atoms with Crippen molar-refractivity contribution in [1.82, 2.24) is 15.5 Å². The van der Waals surface area contributed by atoms with Crippen LogP contribution in [0.15, 0.2) is 0 Å². The molecule has 1 heterocycles. The Kier molecular flexibility index (Phi) is 9.17. The average molecular weight is 429 g/mol. The van der Waals surface area contributed by atoms with Crippen molar-refractivity contribution in [2.75, 3.05) is 6.54 Å². The molecule has 0 radical (unpaired) electrons. The first kappa shape index (κ1) is 24.8. The van der Waals surface area contributed by atoms with E-state index < -0.39 is 66.2 Å². The smallest absolute Gasteiger partial charge is 0.326 e. The number of nitrogens with zero attached hydrogens (tertiary/aromatic N) is 1. The number of nitrogens with one attached hydrogen (secondary N) is 2. The van der Waals surface area contributed by atoms with Gasteiger partial charge in [0.1, 0.15) is 18.1 Å². The maximum absolute atomic E-state index is 12.6. The van der Waals surface area contributed by atoms with Crippen molar-refractivity contribution in [1.29, 1.82) is 0 Å². The molecule has 30 heavy (non-hydrogen) atoms. The van der Waals surface area contributed by atoms with Gasteiger partial charge in [0.25, 0.3) is 0 Å². The molecule has 1 aliphatic heterocycles. The van der Waals surface area contributed by atoms with Gasteiger partial charge in [-0.1, -0.05) is 0 Å². The fourth-order valence-corrected chi connectivity index (χ4v) is 2.98. The molecular weight excluding hydrogens is 402 g/mol. The lowest BCUT2D eigenvalue weighted by Gasteiger charge is -2.27. The van der Waals surface area contributed by atoms with Gasteiger partial charge in [-0.15, -0.1) is 0 Å². The summed E-state index contributed by atoms with van der Waals surface area (Å²) in [5, 5.41) is 22.1.